The minimum absolute atomic E-state index is 0.0966. The van der Waals surface area contributed by atoms with Crippen molar-refractivity contribution in [1.29, 1.82) is 0 Å². The maximum atomic E-state index is 14.0. The smallest absolute Gasteiger partial charge is 0.225 e. The van der Waals surface area contributed by atoms with E-state index >= 15 is 0 Å². The molecule has 1 unspecified atom stereocenters. The Bertz CT molecular complexity index is 621. The lowest BCUT2D eigenvalue weighted by atomic mass is 10.1. The first-order valence-electron chi connectivity index (χ1n) is 7.05. The Morgan fingerprint density at radius 3 is 3.10 bits per heavy atom. The predicted octanol–water partition coefficient (Wildman–Crippen LogP) is 2.09. The number of carbonyl (C=O) groups is 1. The number of nitrogens with one attached hydrogen (secondary N) is 2. The number of aromatic nitrogens is 2. The summed E-state index contributed by atoms with van der Waals surface area (Å²) in [5, 5.41) is 9.99. The molecule has 2 aromatic rings. The molecule has 1 saturated heterocycles. The molecule has 1 aliphatic rings. The van der Waals surface area contributed by atoms with E-state index in [-0.39, 0.29) is 11.9 Å². The van der Waals surface area contributed by atoms with Crippen LogP contribution in [0.2, 0.25) is 0 Å². The summed E-state index contributed by atoms with van der Waals surface area (Å²) in [6.07, 6.45) is 5.79. The number of amides is 1. The summed E-state index contributed by atoms with van der Waals surface area (Å²) < 4.78 is 15.5. The zero-order valence-electron chi connectivity index (χ0n) is 11.6. The van der Waals surface area contributed by atoms with Crippen molar-refractivity contribution in [3.8, 4) is 5.69 Å². The third-order valence-corrected chi connectivity index (χ3v) is 3.58. The van der Waals surface area contributed by atoms with E-state index < -0.39 is 5.82 Å². The topological polar surface area (TPSA) is 59.0 Å². The van der Waals surface area contributed by atoms with Crippen LogP contribution in [0, 0.1) is 5.82 Å². The molecular formula is C15H17FN4O. The van der Waals surface area contributed by atoms with Crippen LogP contribution in [0.5, 0.6) is 0 Å². The van der Waals surface area contributed by atoms with Crippen LogP contribution in [0.15, 0.2) is 36.7 Å². The fourth-order valence-electron chi connectivity index (χ4n) is 2.55. The van der Waals surface area contributed by atoms with Crippen molar-refractivity contribution < 1.29 is 9.18 Å². The summed E-state index contributed by atoms with van der Waals surface area (Å²) in [5.74, 6) is -0.517. The van der Waals surface area contributed by atoms with Crippen LogP contribution in [0.1, 0.15) is 19.3 Å². The molecule has 6 heteroatoms. The van der Waals surface area contributed by atoms with Crippen LogP contribution in [-0.4, -0.2) is 28.3 Å². The molecule has 0 bridgehead atoms. The Hall–Kier alpha value is -2.21. The summed E-state index contributed by atoms with van der Waals surface area (Å²) in [6.45, 7) is 0.963. The standard InChI is InChI=1S/C15H17FN4O/c16-13-9-12(4-5-14(13)20-8-2-7-18-20)19-15(21)10-11-3-1-6-17-11/h2,4-5,7-9,11,17H,1,3,6,10H2,(H,19,21). The Morgan fingerprint density at radius 1 is 1.52 bits per heavy atom. The van der Waals surface area contributed by atoms with Gasteiger partial charge in [0.2, 0.25) is 5.91 Å². The summed E-state index contributed by atoms with van der Waals surface area (Å²) in [5.41, 5.74) is 0.821. The number of nitrogens with zero attached hydrogens (tertiary/aromatic N) is 2. The Labute approximate surface area is 122 Å². The van der Waals surface area contributed by atoms with E-state index in [1.54, 1.807) is 30.6 Å². The van der Waals surface area contributed by atoms with Crippen molar-refractivity contribution in [2.75, 3.05) is 11.9 Å². The van der Waals surface area contributed by atoms with Gasteiger partial charge in [0.15, 0.2) is 5.82 Å². The van der Waals surface area contributed by atoms with E-state index in [4.69, 9.17) is 0 Å². The molecule has 3 rings (SSSR count). The average Bonchev–Trinajstić information content (AvgIpc) is 3.11. The molecule has 1 fully saturated rings. The molecule has 1 aromatic carbocycles. The molecule has 2 N–H and O–H groups in total. The van der Waals surface area contributed by atoms with Crippen molar-refractivity contribution in [2.45, 2.75) is 25.3 Å². The second-order valence-corrected chi connectivity index (χ2v) is 5.16. The molecule has 1 atom stereocenters. The molecule has 0 saturated carbocycles. The van der Waals surface area contributed by atoms with Gasteiger partial charge in [0.1, 0.15) is 5.69 Å². The number of halogens is 1. The van der Waals surface area contributed by atoms with E-state index in [9.17, 15) is 9.18 Å². The van der Waals surface area contributed by atoms with Crippen LogP contribution >= 0.6 is 0 Å². The first-order valence-corrected chi connectivity index (χ1v) is 7.05. The van der Waals surface area contributed by atoms with Crippen molar-refractivity contribution >= 4 is 11.6 Å². The SMILES string of the molecule is O=C(CC1CCCN1)Nc1ccc(-n2cccn2)c(F)c1. The largest absolute Gasteiger partial charge is 0.326 e. The molecule has 0 spiro atoms. The monoisotopic (exact) mass is 288 g/mol. The van der Waals surface area contributed by atoms with Gasteiger partial charge in [0, 0.05) is 30.5 Å². The van der Waals surface area contributed by atoms with Gasteiger partial charge in [-0.15, -0.1) is 0 Å². The highest BCUT2D eigenvalue weighted by atomic mass is 19.1. The van der Waals surface area contributed by atoms with E-state index in [2.05, 4.69) is 15.7 Å². The Morgan fingerprint density at radius 2 is 2.43 bits per heavy atom. The molecule has 1 aliphatic heterocycles. The summed E-state index contributed by atoms with van der Waals surface area (Å²) >= 11 is 0. The van der Waals surface area contributed by atoms with Gasteiger partial charge in [0.25, 0.3) is 0 Å². The van der Waals surface area contributed by atoms with Gasteiger partial charge < -0.3 is 10.6 Å². The maximum Gasteiger partial charge on any atom is 0.225 e. The predicted molar refractivity (Wildman–Crippen MR) is 77.8 cm³/mol. The molecule has 0 radical (unpaired) electrons. The van der Waals surface area contributed by atoms with Crippen molar-refractivity contribution in [1.82, 2.24) is 15.1 Å². The lowest BCUT2D eigenvalue weighted by molar-refractivity contribution is -0.116. The number of anilines is 1. The van der Waals surface area contributed by atoms with E-state index in [1.807, 2.05) is 0 Å². The van der Waals surface area contributed by atoms with Crippen molar-refractivity contribution in [3.05, 3.63) is 42.5 Å². The first kappa shape index (κ1) is 13.8. The lowest BCUT2D eigenvalue weighted by Gasteiger charge is -2.11. The van der Waals surface area contributed by atoms with Crippen molar-refractivity contribution in [3.63, 3.8) is 0 Å². The highest BCUT2D eigenvalue weighted by Crippen LogP contribution is 2.18. The fourth-order valence-corrected chi connectivity index (χ4v) is 2.55. The Kier molecular flexibility index (Phi) is 3.96. The van der Waals surface area contributed by atoms with Crippen LogP contribution in [-0.2, 0) is 4.79 Å². The second kappa shape index (κ2) is 6.05. The van der Waals surface area contributed by atoms with Crippen LogP contribution in [0.4, 0.5) is 10.1 Å². The van der Waals surface area contributed by atoms with Gasteiger partial charge in [0.05, 0.1) is 0 Å². The fraction of sp³-hybridized carbons (Fsp3) is 0.333. The number of rotatable bonds is 4. The lowest BCUT2D eigenvalue weighted by Crippen LogP contribution is -2.27. The molecule has 0 aliphatic carbocycles. The third kappa shape index (κ3) is 3.28. The van der Waals surface area contributed by atoms with E-state index in [0.717, 1.165) is 19.4 Å². The first-order chi connectivity index (χ1) is 10.2. The third-order valence-electron chi connectivity index (χ3n) is 3.58. The highest BCUT2D eigenvalue weighted by molar-refractivity contribution is 5.91. The van der Waals surface area contributed by atoms with E-state index in [1.165, 1.54) is 10.7 Å². The zero-order valence-corrected chi connectivity index (χ0v) is 11.6. The number of hydrogen-bond acceptors (Lipinski definition) is 3. The normalized spacial score (nSPS) is 17.9. The van der Waals surface area contributed by atoms with E-state index in [0.29, 0.717) is 17.8 Å². The molecule has 5 nitrogen and oxygen atoms in total. The zero-order chi connectivity index (χ0) is 14.7. The van der Waals surface area contributed by atoms with Crippen LogP contribution in [0.3, 0.4) is 0 Å². The van der Waals surface area contributed by atoms with Crippen molar-refractivity contribution in [2.24, 2.45) is 0 Å². The minimum atomic E-state index is -0.421. The van der Waals surface area contributed by atoms with Gasteiger partial charge in [-0.25, -0.2) is 9.07 Å². The molecule has 1 aromatic heterocycles. The number of hydrogen-bond donors (Lipinski definition) is 2. The molecule has 110 valence electrons. The molecule has 21 heavy (non-hydrogen) atoms. The van der Waals surface area contributed by atoms with Gasteiger partial charge in [-0.05, 0) is 43.7 Å². The quantitative estimate of drug-likeness (QED) is 0.905. The number of benzene rings is 1. The maximum absolute atomic E-state index is 14.0. The van der Waals surface area contributed by atoms with Gasteiger partial charge in [-0.3, -0.25) is 4.79 Å². The van der Waals surface area contributed by atoms with Gasteiger partial charge in [-0.2, -0.15) is 5.10 Å². The van der Waals surface area contributed by atoms with Crippen LogP contribution in [0.25, 0.3) is 5.69 Å². The van der Waals surface area contributed by atoms with Gasteiger partial charge in [-0.1, -0.05) is 0 Å². The summed E-state index contributed by atoms with van der Waals surface area (Å²) in [6, 6.07) is 6.56. The van der Waals surface area contributed by atoms with Crippen LogP contribution < -0.4 is 10.6 Å². The Balaban J connectivity index is 1.66. The second-order valence-electron chi connectivity index (χ2n) is 5.16. The molecular weight excluding hydrogens is 271 g/mol. The highest BCUT2D eigenvalue weighted by Gasteiger charge is 2.18. The number of carbonyl (C=O) groups excluding carboxylic acids is 1. The average molecular weight is 288 g/mol. The summed E-state index contributed by atoms with van der Waals surface area (Å²) in [4.78, 5) is 11.9. The molecule has 1 amide bonds. The molecule has 2 heterocycles. The van der Waals surface area contributed by atoms with Gasteiger partial charge >= 0.3 is 0 Å². The summed E-state index contributed by atoms with van der Waals surface area (Å²) in [7, 11) is 0. The minimum Gasteiger partial charge on any atom is -0.326 e.